The maximum atomic E-state index is 13.2. The number of carboxylic acids is 1. The molecule has 1 aromatic carbocycles. The number of carbonyl (C=O) groups is 1. The second-order valence-electron chi connectivity index (χ2n) is 5.14. The normalized spacial score (nSPS) is 17.7. The predicted octanol–water partition coefficient (Wildman–Crippen LogP) is 2.70. The van der Waals surface area contributed by atoms with Crippen LogP contribution in [-0.4, -0.2) is 41.8 Å². The van der Waals surface area contributed by atoms with Gasteiger partial charge in [-0.05, 0) is 30.5 Å². The van der Waals surface area contributed by atoms with Crippen LogP contribution in [0.4, 0.5) is 4.39 Å². The van der Waals surface area contributed by atoms with Gasteiger partial charge in [0.2, 0.25) is 0 Å². The Kier molecular flexibility index (Phi) is 7.64. The number of hydrogen-bond donors (Lipinski definition) is 1. The predicted molar refractivity (Wildman–Crippen MR) is 80.2 cm³/mol. The van der Waals surface area contributed by atoms with Crippen molar-refractivity contribution >= 4 is 18.4 Å². The molecule has 1 N–H and O–H groups in total. The van der Waals surface area contributed by atoms with Crippen LogP contribution in [0.5, 0.6) is 0 Å². The minimum atomic E-state index is -0.818. The van der Waals surface area contributed by atoms with Gasteiger partial charge in [0.1, 0.15) is 5.82 Å². The molecule has 1 fully saturated rings. The molecule has 118 valence electrons. The zero-order chi connectivity index (χ0) is 14.4. The summed E-state index contributed by atoms with van der Waals surface area (Å²) in [6.07, 6.45) is 2.31. The second-order valence-corrected chi connectivity index (χ2v) is 5.14. The SMILES string of the molecule is Cl.O=C(O)CCN(Cc1cccc(F)c1)CC1CCCO1. The van der Waals surface area contributed by atoms with Crippen molar-refractivity contribution < 1.29 is 19.0 Å². The Morgan fingerprint density at radius 2 is 2.29 bits per heavy atom. The first-order valence-electron chi connectivity index (χ1n) is 6.93. The summed E-state index contributed by atoms with van der Waals surface area (Å²) in [5, 5.41) is 8.82. The van der Waals surface area contributed by atoms with Gasteiger partial charge in [-0.25, -0.2) is 4.39 Å². The lowest BCUT2D eigenvalue weighted by molar-refractivity contribution is -0.137. The second kappa shape index (κ2) is 8.97. The molecule has 1 unspecified atom stereocenters. The van der Waals surface area contributed by atoms with Gasteiger partial charge >= 0.3 is 5.97 Å². The molecule has 1 aliphatic heterocycles. The van der Waals surface area contributed by atoms with E-state index in [4.69, 9.17) is 9.84 Å². The Bertz CT molecular complexity index is 452. The molecule has 0 aliphatic carbocycles. The highest BCUT2D eigenvalue weighted by Gasteiger charge is 2.19. The minimum Gasteiger partial charge on any atom is -0.481 e. The number of benzene rings is 1. The molecule has 0 bridgehead atoms. The van der Waals surface area contributed by atoms with E-state index in [1.807, 2.05) is 11.0 Å². The summed E-state index contributed by atoms with van der Waals surface area (Å²) in [7, 11) is 0. The Hall–Kier alpha value is -1.17. The van der Waals surface area contributed by atoms with Crippen LogP contribution in [0.25, 0.3) is 0 Å². The lowest BCUT2D eigenvalue weighted by Crippen LogP contribution is -2.33. The molecule has 0 spiro atoms. The summed E-state index contributed by atoms with van der Waals surface area (Å²) in [6.45, 7) is 2.47. The molecule has 21 heavy (non-hydrogen) atoms. The van der Waals surface area contributed by atoms with Gasteiger partial charge in [-0.15, -0.1) is 12.4 Å². The first kappa shape index (κ1) is 17.9. The number of halogens is 2. The molecule has 1 aromatic rings. The van der Waals surface area contributed by atoms with Gasteiger partial charge in [0, 0.05) is 26.2 Å². The van der Waals surface area contributed by atoms with Crippen molar-refractivity contribution in [2.24, 2.45) is 0 Å². The Morgan fingerprint density at radius 3 is 2.90 bits per heavy atom. The van der Waals surface area contributed by atoms with Gasteiger partial charge in [-0.2, -0.15) is 0 Å². The van der Waals surface area contributed by atoms with E-state index in [-0.39, 0.29) is 30.7 Å². The quantitative estimate of drug-likeness (QED) is 0.840. The van der Waals surface area contributed by atoms with Crippen LogP contribution in [0.3, 0.4) is 0 Å². The molecule has 0 aromatic heterocycles. The third kappa shape index (κ3) is 6.42. The van der Waals surface area contributed by atoms with E-state index in [2.05, 4.69) is 0 Å². The lowest BCUT2D eigenvalue weighted by Gasteiger charge is -2.24. The number of hydrogen-bond acceptors (Lipinski definition) is 3. The van der Waals surface area contributed by atoms with Crippen LogP contribution in [0, 0.1) is 5.82 Å². The smallest absolute Gasteiger partial charge is 0.304 e. The van der Waals surface area contributed by atoms with Crippen molar-refractivity contribution in [2.75, 3.05) is 19.7 Å². The molecule has 0 saturated carbocycles. The number of ether oxygens (including phenoxy) is 1. The average molecular weight is 318 g/mol. The Balaban J connectivity index is 0.00000220. The zero-order valence-electron chi connectivity index (χ0n) is 11.8. The fourth-order valence-corrected chi connectivity index (χ4v) is 2.46. The van der Waals surface area contributed by atoms with Crippen molar-refractivity contribution in [1.82, 2.24) is 4.90 Å². The van der Waals surface area contributed by atoms with Gasteiger partial charge in [0.15, 0.2) is 0 Å². The number of nitrogens with zero attached hydrogens (tertiary/aromatic N) is 1. The molecule has 0 radical (unpaired) electrons. The van der Waals surface area contributed by atoms with E-state index in [1.54, 1.807) is 6.07 Å². The molecular weight excluding hydrogens is 297 g/mol. The van der Waals surface area contributed by atoms with Gasteiger partial charge in [0.05, 0.1) is 12.5 Å². The molecule has 1 atom stereocenters. The first-order valence-corrected chi connectivity index (χ1v) is 6.93. The molecule has 1 saturated heterocycles. The third-order valence-electron chi connectivity index (χ3n) is 3.42. The molecular formula is C15H21ClFNO3. The molecule has 6 heteroatoms. The van der Waals surface area contributed by atoms with Crippen LogP contribution in [-0.2, 0) is 16.1 Å². The zero-order valence-corrected chi connectivity index (χ0v) is 12.7. The van der Waals surface area contributed by atoms with E-state index in [0.717, 1.165) is 25.0 Å². The summed E-state index contributed by atoms with van der Waals surface area (Å²) < 4.78 is 18.8. The maximum Gasteiger partial charge on any atom is 0.304 e. The molecule has 4 nitrogen and oxygen atoms in total. The minimum absolute atomic E-state index is 0. The van der Waals surface area contributed by atoms with Crippen LogP contribution in [0.1, 0.15) is 24.8 Å². The van der Waals surface area contributed by atoms with E-state index in [0.29, 0.717) is 19.6 Å². The van der Waals surface area contributed by atoms with Crippen LogP contribution in [0.2, 0.25) is 0 Å². The Morgan fingerprint density at radius 1 is 1.48 bits per heavy atom. The number of aliphatic carboxylic acids is 1. The van der Waals surface area contributed by atoms with Crippen molar-refractivity contribution in [3.05, 3.63) is 35.6 Å². The standard InChI is InChI=1S/C15H20FNO3.ClH/c16-13-4-1-3-12(9-13)10-17(7-6-15(18)19)11-14-5-2-8-20-14;/h1,3-4,9,14H,2,5-8,10-11H2,(H,18,19);1H. The highest BCUT2D eigenvalue weighted by atomic mass is 35.5. The topological polar surface area (TPSA) is 49.8 Å². The largest absolute Gasteiger partial charge is 0.481 e. The van der Waals surface area contributed by atoms with Gasteiger partial charge in [0.25, 0.3) is 0 Å². The maximum absolute atomic E-state index is 13.2. The van der Waals surface area contributed by atoms with Crippen molar-refractivity contribution in [2.45, 2.75) is 31.9 Å². The third-order valence-corrected chi connectivity index (χ3v) is 3.42. The molecule has 0 amide bonds. The summed E-state index contributed by atoms with van der Waals surface area (Å²) in [5.41, 5.74) is 0.855. The fraction of sp³-hybridized carbons (Fsp3) is 0.533. The number of carboxylic acid groups (broad SMARTS) is 1. The van der Waals surface area contributed by atoms with E-state index in [1.165, 1.54) is 12.1 Å². The van der Waals surface area contributed by atoms with Crippen LogP contribution in [0.15, 0.2) is 24.3 Å². The number of rotatable bonds is 7. The van der Waals surface area contributed by atoms with Gasteiger partial charge in [-0.3, -0.25) is 9.69 Å². The monoisotopic (exact) mass is 317 g/mol. The molecule has 1 heterocycles. The first-order chi connectivity index (χ1) is 9.63. The van der Waals surface area contributed by atoms with E-state index < -0.39 is 5.97 Å². The van der Waals surface area contributed by atoms with Gasteiger partial charge < -0.3 is 9.84 Å². The highest BCUT2D eigenvalue weighted by molar-refractivity contribution is 5.85. The summed E-state index contributed by atoms with van der Waals surface area (Å²) in [5.74, 6) is -1.08. The van der Waals surface area contributed by atoms with Crippen molar-refractivity contribution in [3.63, 3.8) is 0 Å². The summed E-state index contributed by atoms with van der Waals surface area (Å²) >= 11 is 0. The van der Waals surface area contributed by atoms with Crippen molar-refractivity contribution in [1.29, 1.82) is 0 Å². The highest BCUT2D eigenvalue weighted by Crippen LogP contribution is 2.15. The summed E-state index contributed by atoms with van der Waals surface area (Å²) in [6, 6.07) is 6.42. The van der Waals surface area contributed by atoms with Gasteiger partial charge in [-0.1, -0.05) is 12.1 Å². The van der Waals surface area contributed by atoms with Crippen molar-refractivity contribution in [3.8, 4) is 0 Å². The van der Waals surface area contributed by atoms with Crippen LogP contribution >= 0.6 is 12.4 Å². The fourth-order valence-electron chi connectivity index (χ4n) is 2.46. The lowest BCUT2D eigenvalue weighted by atomic mass is 10.1. The molecule has 2 rings (SSSR count). The van der Waals surface area contributed by atoms with E-state index in [9.17, 15) is 9.18 Å². The van der Waals surface area contributed by atoms with E-state index >= 15 is 0 Å². The average Bonchev–Trinajstić information content (AvgIpc) is 2.89. The summed E-state index contributed by atoms with van der Waals surface area (Å²) in [4.78, 5) is 12.8. The van der Waals surface area contributed by atoms with Crippen LogP contribution < -0.4 is 0 Å². The molecule has 1 aliphatic rings. The Labute approximate surface area is 130 Å².